The van der Waals surface area contributed by atoms with Crippen molar-refractivity contribution in [3.8, 4) is 0 Å². The van der Waals surface area contributed by atoms with Gasteiger partial charge in [0.05, 0.1) is 11.1 Å². The fraction of sp³-hybridized carbons (Fsp3) is 0.500. The first-order chi connectivity index (χ1) is 13.5. The van der Waals surface area contributed by atoms with E-state index in [4.69, 9.17) is 0 Å². The fourth-order valence-electron chi connectivity index (χ4n) is 4.89. The van der Waals surface area contributed by atoms with E-state index in [0.717, 1.165) is 43.1 Å². The Balaban J connectivity index is 1.40. The van der Waals surface area contributed by atoms with Crippen LogP contribution in [0.2, 0.25) is 0 Å². The van der Waals surface area contributed by atoms with Crippen LogP contribution in [0.25, 0.3) is 0 Å². The lowest BCUT2D eigenvalue weighted by Gasteiger charge is -2.39. The monoisotopic (exact) mass is 382 g/mol. The van der Waals surface area contributed by atoms with Crippen molar-refractivity contribution in [2.45, 2.75) is 31.8 Å². The summed E-state index contributed by atoms with van der Waals surface area (Å²) in [5, 5.41) is 5.57. The van der Waals surface area contributed by atoms with Crippen molar-refractivity contribution in [2.24, 2.45) is 5.41 Å². The normalized spacial score (nSPS) is 26.6. The highest BCUT2D eigenvalue weighted by Crippen LogP contribution is 2.36. The molecule has 1 unspecified atom stereocenters. The van der Waals surface area contributed by atoms with Crippen LogP contribution in [-0.2, 0) is 16.1 Å². The summed E-state index contributed by atoms with van der Waals surface area (Å²) in [6.45, 7) is 4.66. The third-order valence-electron chi connectivity index (χ3n) is 6.47. The van der Waals surface area contributed by atoms with E-state index in [1.54, 1.807) is 12.1 Å². The largest absolute Gasteiger partial charge is 0.315 e. The van der Waals surface area contributed by atoms with Gasteiger partial charge in [0.2, 0.25) is 11.8 Å². The van der Waals surface area contributed by atoms with Crippen LogP contribution in [0.1, 0.15) is 45.5 Å². The molecule has 0 bridgehead atoms. The van der Waals surface area contributed by atoms with Crippen molar-refractivity contribution < 1.29 is 19.2 Å². The third kappa shape index (κ3) is 2.59. The molecule has 8 nitrogen and oxygen atoms in total. The second kappa shape index (κ2) is 6.22. The van der Waals surface area contributed by atoms with Crippen molar-refractivity contribution in [1.29, 1.82) is 0 Å². The van der Waals surface area contributed by atoms with Crippen LogP contribution < -0.4 is 10.6 Å². The number of carbonyl (C=O) groups excluding carboxylic acids is 4. The SMILES string of the molecule is O=C1CCC(N2C(=O)c3cccc(CN4CCC5(CNC5)C4)c3C2=O)C(=O)N1. The number of imide groups is 2. The van der Waals surface area contributed by atoms with Gasteiger partial charge in [-0.3, -0.25) is 34.3 Å². The summed E-state index contributed by atoms with van der Waals surface area (Å²) < 4.78 is 0. The van der Waals surface area contributed by atoms with Crippen molar-refractivity contribution >= 4 is 23.6 Å². The Morgan fingerprint density at radius 1 is 1.11 bits per heavy atom. The first-order valence-electron chi connectivity index (χ1n) is 9.74. The van der Waals surface area contributed by atoms with Gasteiger partial charge in [-0.2, -0.15) is 0 Å². The molecule has 1 aromatic carbocycles. The number of piperidine rings is 1. The smallest absolute Gasteiger partial charge is 0.262 e. The number of benzene rings is 1. The second-order valence-electron chi connectivity index (χ2n) is 8.35. The molecule has 8 heteroatoms. The zero-order valence-corrected chi connectivity index (χ0v) is 15.5. The molecule has 2 N–H and O–H groups in total. The van der Waals surface area contributed by atoms with Gasteiger partial charge in [-0.15, -0.1) is 0 Å². The number of nitrogens with zero attached hydrogens (tertiary/aromatic N) is 2. The lowest BCUT2D eigenvalue weighted by Crippen LogP contribution is -2.54. The Bertz CT molecular complexity index is 907. The molecule has 1 atom stereocenters. The van der Waals surface area contributed by atoms with Crippen LogP contribution >= 0.6 is 0 Å². The van der Waals surface area contributed by atoms with Crippen LogP contribution in [-0.4, -0.2) is 65.6 Å². The first kappa shape index (κ1) is 17.5. The maximum absolute atomic E-state index is 13.1. The predicted molar refractivity (Wildman–Crippen MR) is 98.3 cm³/mol. The first-order valence-corrected chi connectivity index (χ1v) is 9.74. The minimum atomic E-state index is -0.922. The van der Waals surface area contributed by atoms with Gasteiger partial charge in [0.1, 0.15) is 6.04 Å². The molecule has 4 heterocycles. The molecule has 4 aliphatic rings. The van der Waals surface area contributed by atoms with Gasteiger partial charge in [0.25, 0.3) is 11.8 Å². The summed E-state index contributed by atoms with van der Waals surface area (Å²) in [6.07, 6.45) is 1.44. The Morgan fingerprint density at radius 2 is 1.93 bits per heavy atom. The van der Waals surface area contributed by atoms with Crippen LogP contribution in [0.4, 0.5) is 0 Å². The summed E-state index contributed by atoms with van der Waals surface area (Å²) in [7, 11) is 0. The molecule has 0 saturated carbocycles. The average Bonchev–Trinajstić information content (AvgIpc) is 3.17. The number of nitrogens with one attached hydrogen (secondary N) is 2. The quantitative estimate of drug-likeness (QED) is 0.708. The number of hydrogen-bond acceptors (Lipinski definition) is 6. The number of likely N-dealkylation sites (tertiary alicyclic amines) is 1. The van der Waals surface area contributed by atoms with Gasteiger partial charge in [-0.25, -0.2) is 0 Å². The Hall–Kier alpha value is -2.58. The highest BCUT2D eigenvalue weighted by atomic mass is 16.2. The van der Waals surface area contributed by atoms with Gasteiger partial charge < -0.3 is 5.32 Å². The van der Waals surface area contributed by atoms with Crippen LogP contribution in [0.5, 0.6) is 0 Å². The van der Waals surface area contributed by atoms with Crippen LogP contribution in [0.15, 0.2) is 18.2 Å². The molecular weight excluding hydrogens is 360 g/mol. The highest BCUT2D eigenvalue weighted by molar-refractivity contribution is 6.24. The molecule has 0 aliphatic carbocycles. The molecule has 4 aliphatic heterocycles. The topological polar surface area (TPSA) is 98.8 Å². The lowest BCUT2D eigenvalue weighted by atomic mass is 9.81. The number of fused-ring (bicyclic) bond motifs is 1. The second-order valence-corrected chi connectivity index (χ2v) is 8.35. The van der Waals surface area contributed by atoms with E-state index in [1.807, 2.05) is 6.07 Å². The fourth-order valence-corrected chi connectivity index (χ4v) is 4.89. The lowest BCUT2D eigenvalue weighted by molar-refractivity contribution is -0.136. The van der Waals surface area contributed by atoms with E-state index in [2.05, 4.69) is 15.5 Å². The highest BCUT2D eigenvalue weighted by Gasteiger charge is 2.46. The molecule has 0 radical (unpaired) electrons. The number of rotatable bonds is 3. The van der Waals surface area contributed by atoms with Crippen molar-refractivity contribution in [3.05, 3.63) is 34.9 Å². The molecule has 0 aromatic heterocycles. The molecular formula is C20H22N4O4. The predicted octanol–water partition coefficient (Wildman–Crippen LogP) is -0.117. The van der Waals surface area contributed by atoms with Gasteiger partial charge >= 0.3 is 0 Å². The zero-order chi connectivity index (χ0) is 19.5. The molecule has 4 amide bonds. The van der Waals surface area contributed by atoms with Gasteiger partial charge in [0.15, 0.2) is 0 Å². The Kier molecular flexibility index (Phi) is 3.89. The molecule has 1 aromatic rings. The maximum atomic E-state index is 13.1. The summed E-state index contributed by atoms with van der Waals surface area (Å²) in [5.41, 5.74) is 1.95. The molecule has 3 saturated heterocycles. The van der Waals surface area contributed by atoms with E-state index >= 15 is 0 Å². The number of hydrogen-bond donors (Lipinski definition) is 2. The minimum absolute atomic E-state index is 0.126. The summed E-state index contributed by atoms with van der Waals surface area (Å²) in [4.78, 5) is 53.0. The third-order valence-corrected chi connectivity index (χ3v) is 6.47. The van der Waals surface area contributed by atoms with Crippen molar-refractivity contribution in [2.75, 3.05) is 26.2 Å². The summed E-state index contributed by atoms with van der Waals surface area (Å²) in [5.74, 6) is -1.82. The Labute approximate surface area is 162 Å². The molecule has 146 valence electrons. The van der Waals surface area contributed by atoms with Gasteiger partial charge in [0, 0.05) is 38.0 Å². The van der Waals surface area contributed by atoms with Crippen molar-refractivity contribution in [1.82, 2.24) is 20.4 Å². The van der Waals surface area contributed by atoms with E-state index in [-0.39, 0.29) is 18.7 Å². The van der Waals surface area contributed by atoms with Gasteiger partial charge in [-0.1, -0.05) is 12.1 Å². The maximum Gasteiger partial charge on any atom is 0.262 e. The molecule has 28 heavy (non-hydrogen) atoms. The van der Waals surface area contributed by atoms with E-state index in [1.165, 1.54) is 0 Å². The van der Waals surface area contributed by atoms with E-state index in [0.29, 0.717) is 23.1 Å². The standard InChI is InChI=1S/C20H22N4O4/c25-15-5-4-14(17(26)22-15)24-18(27)13-3-1-2-12(16(13)19(24)28)8-23-7-6-20(11-23)9-21-10-20/h1-3,14,21H,4-11H2,(H,22,25,26). The summed E-state index contributed by atoms with van der Waals surface area (Å²) in [6, 6.07) is 4.41. The van der Waals surface area contributed by atoms with Gasteiger partial charge in [-0.05, 0) is 31.0 Å². The molecule has 5 rings (SSSR count). The van der Waals surface area contributed by atoms with Crippen molar-refractivity contribution in [3.63, 3.8) is 0 Å². The van der Waals surface area contributed by atoms with Crippen LogP contribution in [0.3, 0.4) is 0 Å². The minimum Gasteiger partial charge on any atom is -0.315 e. The Morgan fingerprint density at radius 3 is 2.61 bits per heavy atom. The summed E-state index contributed by atoms with van der Waals surface area (Å²) >= 11 is 0. The zero-order valence-electron chi connectivity index (χ0n) is 15.5. The molecule has 1 spiro atoms. The number of carbonyl (C=O) groups is 4. The van der Waals surface area contributed by atoms with E-state index in [9.17, 15) is 19.2 Å². The van der Waals surface area contributed by atoms with E-state index < -0.39 is 23.8 Å². The van der Waals surface area contributed by atoms with Crippen LogP contribution in [0, 0.1) is 5.41 Å². The average molecular weight is 382 g/mol. The number of amides is 4. The molecule has 3 fully saturated rings.